The van der Waals surface area contributed by atoms with Crippen molar-refractivity contribution in [2.24, 2.45) is 34.5 Å². The lowest BCUT2D eigenvalue weighted by molar-refractivity contribution is -0.0359. The number of rotatable bonds is 1. The van der Waals surface area contributed by atoms with E-state index in [1.807, 2.05) is 5.57 Å². The molecule has 0 spiro atoms. The maximum Gasteiger partial charge on any atom is -0.00853 e. The molecule has 6 unspecified atom stereocenters. The van der Waals surface area contributed by atoms with Crippen molar-refractivity contribution in [3.05, 3.63) is 23.8 Å². The Morgan fingerprint density at radius 1 is 1.09 bits per heavy atom. The van der Waals surface area contributed by atoms with Gasteiger partial charge in [-0.3, -0.25) is 0 Å². The van der Waals surface area contributed by atoms with Gasteiger partial charge in [0, 0.05) is 0 Å². The van der Waals surface area contributed by atoms with Crippen LogP contribution in [0.2, 0.25) is 0 Å². The van der Waals surface area contributed by atoms with Gasteiger partial charge in [-0.25, -0.2) is 0 Å². The second-order valence-electron chi connectivity index (χ2n) is 9.49. The van der Waals surface area contributed by atoms with Crippen LogP contribution in [0.4, 0.5) is 0 Å². The second-order valence-corrected chi connectivity index (χ2v) is 9.49. The van der Waals surface area contributed by atoms with E-state index in [4.69, 9.17) is 0 Å². The molecule has 0 radical (unpaired) electrons. The lowest BCUT2D eigenvalue weighted by Gasteiger charge is -2.57. The summed E-state index contributed by atoms with van der Waals surface area (Å²) >= 11 is 0. The van der Waals surface area contributed by atoms with Gasteiger partial charge in [0.25, 0.3) is 0 Å². The zero-order chi connectivity index (χ0) is 15.5. The van der Waals surface area contributed by atoms with E-state index in [-0.39, 0.29) is 0 Å². The fraction of sp³-hybridized carbons (Fsp3) is 0.818. The number of allylic oxidation sites excluding steroid dienone is 3. The van der Waals surface area contributed by atoms with Crippen LogP contribution in [-0.2, 0) is 0 Å². The summed E-state index contributed by atoms with van der Waals surface area (Å²) in [6.45, 7) is 11.9. The lowest BCUT2D eigenvalue weighted by atomic mass is 9.47. The molecule has 3 saturated carbocycles. The summed E-state index contributed by atoms with van der Waals surface area (Å²) in [5.41, 5.74) is 4.42. The minimum Gasteiger partial charge on any atom is -0.0998 e. The van der Waals surface area contributed by atoms with Crippen LogP contribution in [0.3, 0.4) is 0 Å². The first kappa shape index (κ1) is 15.0. The molecule has 0 aromatic heterocycles. The molecule has 0 aliphatic heterocycles. The summed E-state index contributed by atoms with van der Waals surface area (Å²) in [4.78, 5) is 0. The fourth-order valence-corrected chi connectivity index (χ4v) is 7.51. The molecule has 0 bridgehead atoms. The topological polar surface area (TPSA) is 0 Å². The van der Waals surface area contributed by atoms with Gasteiger partial charge in [-0.2, -0.15) is 0 Å². The van der Waals surface area contributed by atoms with E-state index >= 15 is 0 Å². The largest absolute Gasteiger partial charge is 0.0998 e. The third kappa shape index (κ3) is 1.88. The number of hydrogen-bond donors (Lipinski definition) is 0. The van der Waals surface area contributed by atoms with Crippen LogP contribution < -0.4 is 0 Å². The normalized spacial score (nSPS) is 50.6. The molecule has 22 heavy (non-hydrogen) atoms. The summed E-state index contributed by atoms with van der Waals surface area (Å²) in [7, 11) is 0. The molecular formula is C22H34. The second kappa shape index (κ2) is 4.99. The predicted molar refractivity (Wildman–Crippen MR) is 94.6 cm³/mol. The van der Waals surface area contributed by atoms with E-state index in [0.717, 1.165) is 23.7 Å². The first-order valence-electron chi connectivity index (χ1n) is 9.82. The van der Waals surface area contributed by atoms with Gasteiger partial charge >= 0.3 is 0 Å². The van der Waals surface area contributed by atoms with Crippen LogP contribution in [0.1, 0.15) is 78.6 Å². The standard InChI is InChI=1S/C22H34/c1-15(2)18-10-11-19-17-9-8-16-7-5-6-13-21(16,3)20(17)12-14-22(18,19)4/h8,17-20H,1,5-7,9-14H2,2-4H3. The molecule has 122 valence electrons. The van der Waals surface area contributed by atoms with E-state index in [0.29, 0.717) is 10.8 Å². The Bertz CT molecular complexity index is 512. The van der Waals surface area contributed by atoms with Crippen molar-refractivity contribution in [1.82, 2.24) is 0 Å². The van der Waals surface area contributed by atoms with Gasteiger partial charge < -0.3 is 0 Å². The molecule has 4 rings (SSSR count). The van der Waals surface area contributed by atoms with Crippen molar-refractivity contribution < 1.29 is 0 Å². The molecule has 4 aliphatic carbocycles. The monoisotopic (exact) mass is 298 g/mol. The molecule has 4 aliphatic rings. The molecule has 3 fully saturated rings. The molecule has 0 amide bonds. The Labute approximate surface area is 137 Å². The van der Waals surface area contributed by atoms with Gasteiger partial charge in [-0.15, -0.1) is 0 Å². The molecule has 0 aromatic rings. The third-order valence-corrected chi connectivity index (χ3v) is 8.61. The quantitative estimate of drug-likeness (QED) is 0.483. The third-order valence-electron chi connectivity index (χ3n) is 8.61. The van der Waals surface area contributed by atoms with Crippen LogP contribution in [0.5, 0.6) is 0 Å². The Kier molecular flexibility index (Phi) is 3.41. The van der Waals surface area contributed by atoms with Crippen LogP contribution in [-0.4, -0.2) is 0 Å². The summed E-state index contributed by atoms with van der Waals surface area (Å²) < 4.78 is 0. The minimum absolute atomic E-state index is 0.559. The van der Waals surface area contributed by atoms with Gasteiger partial charge in [0.1, 0.15) is 0 Å². The van der Waals surface area contributed by atoms with E-state index in [9.17, 15) is 0 Å². The van der Waals surface area contributed by atoms with E-state index in [2.05, 4.69) is 33.4 Å². The smallest absolute Gasteiger partial charge is 0.00853 e. The first-order valence-corrected chi connectivity index (χ1v) is 9.82. The highest BCUT2D eigenvalue weighted by Crippen LogP contribution is 2.66. The Hall–Kier alpha value is -0.520. The Morgan fingerprint density at radius 3 is 2.68 bits per heavy atom. The van der Waals surface area contributed by atoms with Gasteiger partial charge in [-0.1, -0.05) is 44.1 Å². The minimum atomic E-state index is 0.559. The van der Waals surface area contributed by atoms with Crippen molar-refractivity contribution in [3.63, 3.8) is 0 Å². The highest BCUT2D eigenvalue weighted by atomic mass is 14.6. The molecule has 0 N–H and O–H groups in total. The maximum absolute atomic E-state index is 4.34. The summed E-state index contributed by atoms with van der Waals surface area (Å²) in [6.07, 6.45) is 15.7. The fourth-order valence-electron chi connectivity index (χ4n) is 7.51. The van der Waals surface area contributed by atoms with Crippen molar-refractivity contribution in [1.29, 1.82) is 0 Å². The van der Waals surface area contributed by atoms with Crippen LogP contribution in [0.15, 0.2) is 23.8 Å². The van der Waals surface area contributed by atoms with Crippen LogP contribution >= 0.6 is 0 Å². The van der Waals surface area contributed by atoms with E-state index in [1.54, 1.807) is 0 Å². The van der Waals surface area contributed by atoms with Crippen LogP contribution in [0.25, 0.3) is 0 Å². The van der Waals surface area contributed by atoms with Crippen molar-refractivity contribution in [3.8, 4) is 0 Å². The Morgan fingerprint density at radius 2 is 1.91 bits per heavy atom. The molecule has 0 aromatic carbocycles. The van der Waals surface area contributed by atoms with E-state index < -0.39 is 0 Å². The highest BCUT2D eigenvalue weighted by Gasteiger charge is 2.58. The Balaban J connectivity index is 1.68. The first-order chi connectivity index (χ1) is 10.5. The van der Waals surface area contributed by atoms with E-state index in [1.165, 1.54) is 63.4 Å². The zero-order valence-corrected chi connectivity index (χ0v) is 15.0. The summed E-state index contributed by atoms with van der Waals surface area (Å²) in [5.74, 6) is 3.71. The average molecular weight is 299 g/mol. The summed E-state index contributed by atoms with van der Waals surface area (Å²) in [6, 6.07) is 0. The number of fused-ring (bicyclic) bond motifs is 5. The SMILES string of the molecule is C=C(C)C1CCC2C3CC=C4CCCCC4(C)C3CCC12C. The highest BCUT2D eigenvalue weighted by molar-refractivity contribution is 5.25. The van der Waals surface area contributed by atoms with Gasteiger partial charge in [0.15, 0.2) is 0 Å². The van der Waals surface area contributed by atoms with Crippen molar-refractivity contribution in [2.75, 3.05) is 0 Å². The molecular weight excluding hydrogens is 264 g/mol. The maximum atomic E-state index is 4.34. The zero-order valence-electron chi connectivity index (χ0n) is 15.0. The van der Waals surface area contributed by atoms with Gasteiger partial charge in [0.05, 0.1) is 0 Å². The molecule has 0 heterocycles. The van der Waals surface area contributed by atoms with Crippen molar-refractivity contribution >= 4 is 0 Å². The lowest BCUT2D eigenvalue weighted by Crippen LogP contribution is -2.49. The predicted octanol–water partition coefficient (Wildman–Crippen LogP) is 6.53. The van der Waals surface area contributed by atoms with Gasteiger partial charge in [0.2, 0.25) is 0 Å². The van der Waals surface area contributed by atoms with Crippen LogP contribution in [0, 0.1) is 34.5 Å². The average Bonchev–Trinajstić information content (AvgIpc) is 2.84. The van der Waals surface area contributed by atoms with Gasteiger partial charge in [-0.05, 0) is 92.8 Å². The molecule has 6 atom stereocenters. The van der Waals surface area contributed by atoms with Crippen molar-refractivity contribution in [2.45, 2.75) is 78.6 Å². The molecule has 0 nitrogen and oxygen atoms in total. The molecule has 0 heteroatoms. The number of hydrogen-bond acceptors (Lipinski definition) is 0. The molecule has 0 saturated heterocycles. The summed E-state index contributed by atoms with van der Waals surface area (Å²) in [5, 5.41) is 0.